The summed E-state index contributed by atoms with van der Waals surface area (Å²) >= 11 is 1.72. The van der Waals surface area contributed by atoms with Crippen molar-refractivity contribution in [2.75, 3.05) is 13.6 Å². The molecule has 0 radical (unpaired) electrons. The van der Waals surface area contributed by atoms with Gasteiger partial charge in [-0.15, -0.1) is 11.3 Å². The van der Waals surface area contributed by atoms with E-state index in [1.165, 1.54) is 4.88 Å². The number of thiophene rings is 1. The predicted octanol–water partition coefficient (Wildman–Crippen LogP) is 2.56. The summed E-state index contributed by atoms with van der Waals surface area (Å²) in [5.41, 5.74) is 0. The van der Waals surface area contributed by atoms with E-state index < -0.39 is 0 Å². The number of rotatable bonds is 7. The number of nitrogens with one attached hydrogen (secondary N) is 2. The van der Waals surface area contributed by atoms with E-state index in [1.54, 1.807) is 18.4 Å². The number of hydrogen-bond acceptors (Lipinski definition) is 3. The molecule has 3 nitrogen and oxygen atoms in total. The molecule has 1 aromatic rings. The Morgan fingerprint density at radius 2 is 2.12 bits per heavy atom. The molecule has 4 heteroatoms. The Hall–Kier alpha value is -0.870. The quantitative estimate of drug-likeness (QED) is 0.785. The van der Waals surface area contributed by atoms with Crippen molar-refractivity contribution in [3.63, 3.8) is 0 Å². The van der Waals surface area contributed by atoms with Crippen molar-refractivity contribution in [1.82, 2.24) is 10.6 Å². The van der Waals surface area contributed by atoms with Gasteiger partial charge in [0.25, 0.3) is 0 Å². The molecule has 96 valence electrons. The van der Waals surface area contributed by atoms with Gasteiger partial charge in [-0.25, -0.2) is 0 Å². The summed E-state index contributed by atoms with van der Waals surface area (Å²) in [7, 11) is 1.79. The van der Waals surface area contributed by atoms with Gasteiger partial charge in [-0.1, -0.05) is 32.8 Å². The van der Waals surface area contributed by atoms with Crippen LogP contribution >= 0.6 is 11.3 Å². The highest BCUT2D eigenvalue weighted by molar-refractivity contribution is 7.10. The van der Waals surface area contributed by atoms with E-state index in [1.807, 2.05) is 6.07 Å². The summed E-state index contributed by atoms with van der Waals surface area (Å²) in [4.78, 5) is 13.0. The Bertz CT molecular complexity index is 320. The molecule has 1 unspecified atom stereocenters. The van der Waals surface area contributed by atoms with Gasteiger partial charge < -0.3 is 10.6 Å². The van der Waals surface area contributed by atoms with Crippen LogP contribution in [0.2, 0.25) is 0 Å². The molecular formula is C13H22N2OS. The lowest BCUT2D eigenvalue weighted by atomic mass is 9.93. The van der Waals surface area contributed by atoms with E-state index in [4.69, 9.17) is 0 Å². The van der Waals surface area contributed by atoms with Crippen LogP contribution in [0.1, 0.15) is 37.6 Å². The molecule has 0 fully saturated rings. The van der Waals surface area contributed by atoms with E-state index in [9.17, 15) is 4.79 Å². The van der Waals surface area contributed by atoms with Crippen LogP contribution in [-0.4, -0.2) is 19.5 Å². The normalized spacial score (nSPS) is 12.7. The fourth-order valence-electron chi connectivity index (χ4n) is 2.03. The first-order valence-corrected chi connectivity index (χ1v) is 7.08. The second-order valence-electron chi connectivity index (χ2n) is 4.17. The van der Waals surface area contributed by atoms with Crippen LogP contribution in [-0.2, 0) is 4.79 Å². The minimum atomic E-state index is 0.0674. The monoisotopic (exact) mass is 254 g/mol. The number of carbonyl (C=O) groups is 1. The maximum absolute atomic E-state index is 11.7. The molecule has 1 aromatic heterocycles. The van der Waals surface area contributed by atoms with Crippen LogP contribution in [0.25, 0.3) is 0 Å². The van der Waals surface area contributed by atoms with Gasteiger partial charge in [0.05, 0.1) is 12.6 Å². The summed E-state index contributed by atoms with van der Waals surface area (Å²) in [5.74, 6) is 0.576. The summed E-state index contributed by atoms with van der Waals surface area (Å²) in [5, 5.41) is 8.08. The second-order valence-corrected chi connectivity index (χ2v) is 5.15. The molecule has 0 aliphatic rings. The van der Waals surface area contributed by atoms with Crippen molar-refractivity contribution in [1.29, 1.82) is 0 Å². The van der Waals surface area contributed by atoms with Crippen molar-refractivity contribution in [3.8, 4) is 0 Å². The largest absolute Gasteiger partial charge is 0.347 e. The van der Waals surface area contributed by atoms with Gasteiger partial charge in [-0.2, -0.15) is 0 Å². The van der Waals surface area contributed by atoms with Crippen molar-refractivity contribution in [2.45, 2.75) is 32.7 Å². The fraction of sp³-hybridized carbons (Fsp3) is 0.615. The summed E-state index contributed by atoms with van der Waals surface area (Å²) in [6, 6.07) is 4.30. The Balaban J connectivity index is 2.76. The van der Waals surface area contributed by atoms with Crippen LogP contribution in [0.5, 0.6) is 0 Å². The lowest BCUT2D eigenvalue weighted by Gasteiger charge is -2.25. The molecule has 0 aliphatic heterocycles. The molecule has 0 saturated carbocycles. The molecule has 1 amide bonds. The molecule has 0 spiro atoms. The molecule has 17 heavy (non-hydrogen) atoms. The zero-order valence-electron chi connectivity index (χ0n) is 10.8. The molecule has 0 bridgehead atoms. The van der Waals surface area contributed by atoms with Crippen LogP contribution in [0, 0.1) is 5.92 Å². The van der Waals surface area contributed by atoms with Crippen molar-refractivity contribution < 1.29 is 4.79 Å². The first-order valence-electron chi connectivity index (χ1n) is 6.20. The minimum Gasteiger partial charge on any atom is -0.347 e. The van der Waals surface area contributed by atoms with Crippen LogP contribution in [0.15, 0.2) is 17.5 Å². The van der Waals surface area contributed by atoms with Crippen LogP contribution in [0.3, 0.4) is 0 Å². The average molecular weight is 254 g/mol. The average Bonchev–Trinajstić information content (AvgIpc) is 2.83. The number of carbonyl (C=O) groups excluding carboxylic acids is 1. The highest BCUT2D eigenvalue weighted by Gasteiger charge is 2.22. The van der Waals surface area contributed by atoms with Gasteiger partial charge in [0.1, 0.15) is 0 Å². The molecule has 1 heterocycles. The standard InChI is InChI=1S/C13H22N2OS/c1-4-10(5-2)13(11-7-6-8-17-11)15-12(16)9-14-3/h6-8,10,13-14H,4-5,9H2,1-3H3,(H,15,16). The third-order valence-electron chi connectivity index (χ3n) is 3.02. The van der Waals surface area contributed by atoms with Gasteiger partial charge in [0, 0.05) is 4.88 Å². The summed E-state index contributed by atoms with van der Waals surface area (Å²) in [6.07, 6.45) is 2.16. The lowest BCUT2D eigenvalue weighted by Crippen LogP contribution is -2.37. The van der Waals surface area contributed by atoms with Crippen molar-refractivity contribution >= 4 is 17.2 Å². The maximum atomic E-state index is 11.7. The van der Waals surface area contributed by atoms with Crippen LogP contribution < -0.4 is 10.6 Å². The molecule has 0 aliphatic carbocycles. The highest BCUT2D eigenvalue weighted by Crippen LogP contribution is 2.30. The first-order chi connectivity index (χ1) is 8.22. The third-order valence-corrected chi connectivity index (χ3v) is 3.98. The van der Waals surface area contributed by atoms with Crippen molar-refractivity contribution in [2.24, 2.45) is 5.92 Å². The Morgan fingerprint density at radius 1 is 1.41 bits per heavy atom. The van der Waals surface area contributed by atoms with E-state index in [2.05, 4.69) is 35.9 Å². The van der Waals surface area contributed by atoms with Gasteiger partial charge in [-0.05, 0) is 24.4 Å². The molecule has 0 saturated heterocycles. The maximum Gasteiger partial charge on any atom is 0.234 e. The highest BCUT2D eigenvalue weighted by atomic mass is 32.1. The summed E-state index contributed by atoms with van der Waals surface area (Å²) < 4.78 is 0. The molecule has 0 aromatic carbocycles. The van der Waals surface area contributed by atoms with Gasteiger partial charge in [-0.3, -0.25) is 4.79 Å². The van der Waals surface area contributed by atoms with Gasteiger partial charge in [0.15, 0.2) is 0 Å². The Morgan fingerprint density at radius 3 is 2.59 bits per heavy atom. The fourth-order valence-corrected chi connectivity index (χ4v) is 2.90. The Labute approximate surface area is 108 Å². The number of likely N-dealkylation sites (N-methyl/N-ethyl adjacent to an activating group) is 1. The molecule has 1 atom stereocenters. The topological polar surface area (TPSA) is 41.1 Å². The van der Waals surface area contributed by atoms with E-state index in [-0.39, 0.29) is 11.9 Å². The zero-order chi connectivity index (χ0) is 12.7. The molecule has 1 rings (SSSR count). The first kappa shape index (κ1) is 14.2. The van der Waals surface area contributed by atoms with E-state index in [0.717, 1.165) is 12.8 Å². The number of amides is 1. The lowest BCUT2D eigenvalue weighted by molar-refractivity contribution is -0.121. The zero-order valence-corrected chi connectivity index (χ0v) is 11.6. The number of hydrogen-bond donors (Lipinski definition) is 2. The third kappa shape index (κ3) is 4.13. The van der Waals surface area contributed by atoms with Gasteiger partial charge >= 0.3 is 0 Å². The predicted molar refractivity (Wildman–Crippen MR) is 73.2 cm³/mol. The minimum absolute atomic E-state index is 0.0674. The Kier molecular flexibility index (Phi) is 6.22. The van der Waals surface area contributed by atoms with E-state index >= 15 is 0 Å². The SMILES string of the molecule is CCC(CC)C(NC(=O)CNC)c1cccs1. The van der Waals surface area contributed by atoms with E-state index in [0.29, 0.717) is 12.5 Å². The molecular weight excluding hydrogens is 232 g/mol. The van der Waals surface area contributed by atoms with Gasteiger partial charge in [0.2, 0.25) is 5.91 Å². The summed E-state index contributed by atoms with van der Waals surface area (Å²) in [6.45, 7) is 4.74. The second kappa shape index (κ2) is 7.45. The smallest absolute Gasteiger partial charge is 0.234 e. The van der Waals surface area contributed by atoms with Crippen molar-refractivity contribution in [3.05, 3.63) is 22.4 Å². The molecule has 2 N–H and O–H groups in total. The van der Waals surface area contributed by atoms with Crippen LogP contribution in [0.4, 0.5) is 0 Å².